The van der Waals surface area contributed by atoms with Gasteiger partial charge in [0, 0.05) is 24.3 Å². The summed E-state index contributed by atoms with van der Waals surface area (Å²) in [4.78, 5) is 12.3. The second kappa shape index (κ2) is 7.68. The number of anilines is 2. The lowest BCUT2D eigenvalue weighted by Gasteiger charge is -2.37. The van der Waals surface area contributed by atoms with E-state index in [1.165, 1.54) is 0 Å². The number of hydrogen-bond donors (Lipinski definition) is 3. The molecule has 0 bridgehead atoms. The van der Waals surface area contributed by atoms with Crippen molar-refractivity contribution in [3.05, 3.63) is 54.1 Å². The minimum Gasteiger partial charge on any atom is -0.489 e. The van der Waals surface area contributed by atoms with E-state index < -0.39 is 0 Å². The van der Waals surface area contributed by atoms with Crippen LogP contribution in [-0.2, 0) is 0 Å². The molecule has 5 heteroatoms. The fourth-order valence-electron chi connectivity index (χ4n) is 2.84. The van der Waals surface area contributed by atoms with E-state index in [0.29, 0.717) is 31.2 Å². The first-order valence-electron chi connectivity index (χ1n) is 9.07. The molecule has 1 atom stereocenters. The van der Waals surface area contributed by atoms with Crippen LogP contribution in [0.5, 0.6) is 5.75 Å². The van der Waals surface area contributed by atoms with Gasteiger partial charge in [0.1, 0.15) is 12.4 Å². The van der Waals surface area contributed by atoms with Crippen molar-refractivity contribution in [3.63, 3.8) is 0 Å². The lowest BCUT2D eigenvalue weighted by atomic mass is 10.00. The first-order valence-corrected chi connectivity index (χ1v) is 9.07. The summed E-state index contributed by atoms with van der Waals surface area (Å²) in [6, 6.07) is 15.6. The van der Waals surface area contributed by atoms with Crippen molar-refractivity contribution in [2.75, 3.05) is 30.3 Å². The monoisotopic (exact) mass is 353 g/mol. The molecular formula is C21H27N3O2. The number of ether oxygens (including phenoxy) is 1. The molecular weight excluding hydrogens is 326 g/mol. The molecule has 3 rings (SSSR count). The number of rotatable bonds is 6. The number of carbonyl (C=O) groups excluding carboxylic acids is 1. The quantitative estimate of drug-likeness (QED) is 0.740. The number of fused-ring (bicyclic) bond motifs is 1. The predicted molar refractivity (Wildman–Crippen MR) is 106 cm³/mol. The molecule has 5 nitrogen and oxygen atoms in total. The van der Waals surface area contributed by atoms with Crippen LogP contribution in [0.15, 0.2) is 48.5 Å². The highest BCUT2D eigenvalue weighted by Crippen LogP contribution is 2.33. The summed E-state index contributed by atoms with van der Waals surface area (Å²) < 4.78 is 5.93. The van der Waals surface area contributed by atoms with Gasteiger partial charge in [-0.25, -0.2) is 0 Å². The molecule has 1 aliphatic heterocycles. The molecule has 3 N–H and O–H groups in total. The Bertz CT molecular complexity index is 761. The van der Waals surface area contributed by atoms with E-state index in [2.05, 4.69) is 36.7 Å². The molecule has 2 aromatic rings. The lowest BCUT2D eigenvalue weighted by molar-refractivity contribution is 0.0949. The summed E-state index contributed by atoms with van der Waals surface area (Å²) in [6.07, 6.45) is 0. The Hall–Kier alpha value is -2.69. The van der Waals surface area contributed by atoms with Crippen LogP contribution in [-0.4, -0.2) is 31.1 Å². The molecule has 1 unspecified atom stereocenters. The topological polar surface area (TPSA) is 62.4 Å². The molecule has 0 fully saturated rings. The van der Waals surface area contributed by atoms with Crippen LogP contribution in [0.2, 0.25) is 0 Å². The summed E-state index contributed by atoms with van der Waals surface area (Å²) in [5.41, 5.74) is 2.30. The zero-order chi connectivity index (χ0) is 18.6. The van der Waals surface area contributed by atoms with Gasteiger partial charge in [-0.2, -0.15) is 0 Å². The van der Waals surface area contributed by atoms with Crippen molar-refractivity contribution in [1.29, 1.82) is 0 Å². The van der Waals surface area contributed by atoms with Gasteiger partial charge in [0.25, 0.3) is 5.91 Å². The number of nitrogens with one attached hydrogen (secondary N) is 3. The van der Waals surface area contributed by atoms with Crippen LogP contribution in [0.25, 0.3) is 0 Å². The standard InChI is InChI=1S/C21H27N3O2/c1-15(2)12-22-20(25)16-9-10-19-18(11-16)24-21(3,14-26-19)13-23-17-7-5-4-6-8-17/h4-11,15,23-24H,12-14H2,1-3H3,(H,22,25). The van der Waals surface area contributed by atoms with Crippen LogP contribution in [0.4, 0.5) is 11.4 Å². The molecule has 0 saturated carbocycles. The van der Waals surface area contributed by atoms with E-state index >= 15 is 0 Å². The first-order chi connectivity index (χ1) is 12.5. The van der Waals surface area contributed by atoms with Gasteiger partial charge >= 0.3 is 0 Å². The van der Waals surface area contributed by atoms with Crippen molar-refractivity contribution in [2.45, 2.75) is 26.3 Å². The van der Waals surface area contributed by atoms with Crippen LogP contribution in [0.1, 0.15) is 31.1 Å². The Morgan fingerprint density at radius 3 is 2.73 bits per heavy atom. The van der Waals surface area contributed by atoms with E-state index in [4.69, 9.17) is 4.74 Å². The van der Waals surface area contributed by atoms with Crippen molar-refractivity contribution >= 4 is 17.3 Å². The molecule has 0 aliphatic carbocycles. The minimum atomic E-state index is -0.268. The van der Waals surface area contributed by atoms with E-state index in [9.17, 15) is 4.79 Å². The fourth-order valence-corrected chi connectivity index (χ4v) is 2.84. The summed E-state index contributed by atoms with van der Waals surface area (Å²) in [7, 11) is 0. The van der Waals surface area contributed by atoms with Gasteiger partial charge in [0.2, 0.25) is 0 Å². The molecule has 138 valence electrons. The fraction of sp³-hybridized carbons (Fsp3) is 0.381. The highest BCUT2D eigenvalue weighted by atomic mass is 16.5. The van der Waals surface area contributed by atoms with Crippen molar-refractivity contribution in [2.24, 2.45) is 5.92 Å². The van der Waals surface area contributed by atoms with E-state index in [1.807, 2.05) is 42.5 Å². The Kier molecular flexibility index (Phi) is 5.35. The smallest absolute Gasteiger partial charge is 0.251 e. The third kappa shape index (κ3) is 4.48. The van der Waals surface area contributed by atoms with Crippen LogP contribution >= 0.6 is 0 Å². The Balaban J connectivity index is 1.68. The molecule has 0 saturated heterocycles. The van der Waals surface area contributed by atoms with Crippen LogP contribution in [0.3, 0.4) is 0 Å². The zero-order valence-electron chi connectivity index (χ0n) is 15.6. The number of benzene rings is 2. The second-order valence-electron chi connectivity index (χ2n) is 7.51. The van der Waals surface area contributed by atoms with Gasteiger partial charge in [-0.05, 0) is 43.2 Å². The molecule has 2 aromatic carbocycles. The molecule has 1 amide bonds. The Morgan fingerprint density at radius 1 is 1.23 bits per heavy atom. The van der Waals surface area contributed by atoms with Crippen molar-refractivity contribution in [1.82, 2.24) is 5.32 Å². The second-order valence-corrected chi connectivity index (χ2v) is 7.51. The molecule has 0 spiro atoms. The van der Waals surface area contributed by atoms with E-state index in [-0.39, 0.29) is 11.4 Å². The highest BCUT2D eigenvalue weighted by Gasteiger charge is 2.31. The largest absolute Gasteiger partial charge is 0.489 e. The molecule has 1 aliphatic rings. The van der Waals surface area contributed by atoms with Gasteiger partial charge in [0.05, 0.1) is 11.2 Å². The van der Waals surface area contributed by atoms with Crippen molar-refractivity contribution in [3.8, 4) is 5.75 Å². The first kappa shape index (κ1) is 18.1. The van der Waals surface area contributed by atoms with Crippen molar-refractivity contribution < 1.29 is 9.53 Å². The normalized spacial score (nSPS) is 18.5. The third-order valence-electron chi connectivity index (χ3n) is 4.35. The van der Waals surface area contributed by atoms with E-state index in [0.717, 1.165) is 17.1 Å². The molecule has 0 aromatic heterocycles. The maximum absolute atomic E-state index is 12.3. The summed E-state index contributed by atoms with van der Waals surface area (Å²) in [5.74, 6) is 1.14. The summed E-state index contributed by atoms with van der Waals surface area (Å²) in [6.45, 7) is 8.19. The lowest BCUT2D eigenvalue weighted by Crippen LogP contribution is -2.49. The summed E-state index contributed by atoms with van der Waals surface area (Å²) in [5, 5.41) is 9.92. The predicted octanol–water partition coefficient (Wildman–Crippen LogP) is 3.75. The molecule has 1 heterocycles. The number of hydrogen-bond acceptors (Lipinski definition) is 4. The average Bonchev–Trinajstić information content (AvgIpc) is 2.65. The van der Waals surface area contributed by atoms with Crippen LogP contribution in [0, 0.1) is 5.92 Å². The number of carbonyl (C=O) groups is 1. The maximum atomic E-state index is 12.3. The van der Waals surface area contributed by atoms with Gasteiger partial charge in [-0.3, -0.25) is 4.79 Å². The highest BCUT2D eigenvalue weighted by molar-refractivity contribution is 5.95. The molecule has 26 heavy (non-hydrogen) atoms. The minimum absolute atomic E-state index is 0.0574. The number of para-hydroxylation sites is 1. The average molecular weight is 353 g/mol. The Labute approximate surface area is 155 Å². The number of amides is 1. The van der Waals surface area contributed by atoms with Gasteiger partial charge in [0.15, 0.2) is 0 Å². The maximum Gasteiger partial charge on any atom is 0.251 e. The van der Waals surface area contributed by atoms with Gasteiger partial charge < -0.3 is 20.7 Å². The Morgan fingerprint density at radius 2 is 2.00 bits per heavy atom. The molecule has 0 radical (unpaired) electrons. The zero-order valence-corrected chi connectivity index (χ0v) is 15.6. The van der Waals surface area contributed by atoms with Gasteiger partial charge in [-0.1, -0.05) is 32.0 Å². The van der Waals surface area contributed by atoms with E-state index in [1.54, 1.807) is 6.07 Å². The van der Waals surface area contributed by atoms with Crippen LogP contribution < -0.4 is 20.7 Å². The van der Waals surface area contributed by atoms with Gasteiger partial charge in [-0.15, -0.1) is 0 Å². The third-order valence-corrected chi connectivity index (χ3v) is 4.35. The SMILES string of the molecule is CC(C)CNC(=O)c1ccc2c(c1)NC(C)(CNc1ccccc1)CO2. The summed E-state index contributed by atoms with van der Waals surface area (Å²) >= 11 is 0.